The van der Waals surface area contributed by atoms with Crippen molar-refractivity contribution >= 4 is 29.7 Å². The number of carbonyl (C=O) groups is 5. The van der Waals surface area contributed by atoms with Gasteiger partial charge in [0.25, 0.3) is 0 Å². The smallest absolute Gasteiger partial charge is 0.326 e. The number of carbonyl (C=O) groups excluding carboxylic acids is 2. The van der Waals surface area contributed by atoms with Crippen molar-refractivity contribution in [2.24, 2.45) is 0 Å². The summed E-state index contributed by atoms with van der Waals surface area (Å²) in [6.45, 7) is 0. The largest absolute Gasteiger partial charge is 0.481 e. The number of nitrogens with one attached hydrogen (secondary N) is 3. The van der Waals surface area contributed by atoms with Crippen LogP contribution < -0.4 is 16.0 Å². The molecular weight excluding hydrogens is 394 g/mol. The molecule has 8 N–H and O–H groups in total. The zero-order valence-electron chi connectivity index (χ0n) is 15.8. The lowest BCUT2D eigenvalue weighted by Crippen LogP contribution is -2.50. The van der Waals surface area contributed by atoms with Crippen molar-refractivity contribution in [2.45, 2.75) is 62.9 Å². The molecule has 29 heavy (non-hydrogen) atoms. The molecule has 0 fully saturated rings. The van der Waals surface area contributed by atoms with E-state index < -0.39 is 60.6 Å². The lowest BCUT2D eigenvalue weighted by Gasteiger charge is -2.20. The molecule has 0 aliphatic rings. The molecule has 0 rings (SSSR count). The molecule has 0 bridgehead atoms. The summed E-state index contributed by atoms with van der Waals surface area (Å²) in [6, 6.07) is -3.72. The van der Waals surface area contributed by atoms with Crippen LogP contribution in [0.2, 0.25) is 0 Å². The van der Waals surface area contributed by atoms with E-state index in [1.165, 1.54) is 7.05 Å². The topological polar surface area (TPSA) is 223 Å². The molecule has 3 atom stereocenters. The number of carboxylic acids is 3. The molecule has 166 valence electrons. The number of hydrogen-bond acceptors (Lipinski definition) is 8. The summed E-state index contributed by atoms with van der Waals surface area (Å²) in [5, 5.41) is 51.3. The molecule has 0 aromatic heterocycles. The maximum atomic E-state index is 12.2. The van der Waals surface area contributed by atoms with E-state index in [1.807, 2.05) is 0 Å². The van der Waals surface area contributed by atoms with E-state index in [-0.39, 0.29) is 32.1 Å². The Kier molecular flexibility index (Phi) is 12.1. The van der Waals surface area contributed by atoms with Crippen LogP contribution in [0.25, 0.3) is 0 Å². The number of hydrogen-bond donors (Lipinski definition) is 8. The molecule has 13 nitrogen and oxygen atoms in total. The molecule has 0 heterocycles. The molecule has 2 amide bonds. The molecular formula is C16H27N3O10. The molecule has 0 aromatic rings. The summed E-state index contributed by atoms with van der Waals surface area (Å²) in [7, 11) is 1.40. The van der Waals surface area contributed by atoms with Crippen LogP contribution in [0.4, 0.5) is 0 Å². The Morgan fingerprint density at radius 3 is 1.69 bits per heavy atom. The molecule has 0 spiro atoms. The molecule has 0 saturated heterocycles. The van der Waals surface area contributed by atoms with Gasteiger partial charge < -0.3 is 41.5 Å². The zero-order chi connectivity index (χ0) is 22.6. The van der Waals surface area contributed by atoms with Crippen LogP contribution in [0.1, 0.15) is 38.5 Å². The number of aliphatic carboxylic acids is 3. The predicted molar refractivity (Wildman–Crippen MR) is 95.5 cm³/mol. The fourth-order valence-corrected chi connectivity index (χ4v) is 2.32. The summed E-state index contributed by atoms with van der Waals surface area (Å²) in [5.74, 6) is -5.42. The van der Waals surface area contributed by atoms with Gasteiger partial charge in [-0.05, 0) is 26.3 Å². The van der Waals surface area contributed by atoms with E-state index in [9.17, 15) is 24.0 Å². The maximum absolute atomic E-state index is 12.2. The third kappa shape index (κ3) is 11.6. The van der Waals surface area contributed by atoms with Gasteiger partial charge in [0, 0.05) is 19.3 Å². The summed E-state index contributed by atoms with van der Waals surface area (Å²) in [5.41, 5.74) is 0. The third-order valence-corrected chi connectivity index (χ3v) is 3.93. The van der Waals surface area contributed by atoms with E-state index >= 15 is 0 Å². The average molecular weight is 421 g/mol. The Bertz CT molecular complexity index is 595. The van der Waals surface area contributed by atoms with E-state index in [0.717, 1.165) is 0 Å². The van der Waals surface area contributed by atoms with Crippen molar-refractivity contribution in [3.63, 3.8) is 0 Å². The van der Waals surface area contributed by atoms with Gasteiger partial charge in [0.1, 0.15) is 12.1 Å². The van der Waals surface area contributed by atoms with Gasteiger partial charge in [-0.3, -0.25) is 14.4 Å². The SMILES string of the molecule is CNC(CCC(=O)NC(CCC(O)O)C(=O)O)C(=O)NC(CCC(=O)O)C(=O)O. The van der Waals surface area contributed by atoms with Gasteiger partial charge in [-0.15, -0.1) is 0 Å². The summed E-state index contributed by atoms with van der Waals surface area (Å²) >= 11 is 0. The van der Waals surface area contributed by atoms with Crippen molar-refractivity contribution in [1.29, 1.82) is 0 Å². The zero-order valence-corrected chi connectivity index (χ0v) is 15.8. The number of likely N-dealkylation sites (N-methyl/N-ethyl adjacent to an activating group) is 1. The Balaban J connectivity index is 4.69. The standard InChI is InChI=1S/C16H27N3O10/c1-17-8(14(25)19-10(16(28)29)4-7-13(23)24)2-5-11(20)18-9(15(26)27)3-6-12(21)22/h8-10,12,17,21-22H,2-7H2,1H3,(H,18,20)(H,19,25)(H,23,24)(H,26,27)(H,28,29). The van der Waals surface area contributed by atoms with Crippen LogP contribution in [-0.2, 0) is 24.0 Å². The van der Waals surface area contributed by atoms with Crippen LogP contribution in [0, 0.1) is 0 Å². The van der Waals surface area contributed by atoms with Crippen molar-refractivity contribution in [1.82, 2.24) is 16.0 Å². The quantitative estimate of drug-likeness (QED) is 0.128. The first kappa shape index (κ1) is 26.2. The number of carboxylic acid groups (broad SMARTS) is 3. The summed E-state index contributed by atoms with van der Waals surface area (Å²) in [6.07, 6.45) is -3.31. The van der Waals surface area contributed by atoms with Crippen LogP contribution in [0.3, 0.4) is 0 Å². The van der Waals surface area contributed by atoms with Crippen LogP contribution in [0.5, 0.6) is 0 Å². The highest BCUT2D eigenvalue weighted by Crippen LogP contribution is 2.05. The Morgan fingerprint density at radius 1 is 0.724 bits per heavy atom. The van der Waals surface area contributed by atoms with Gasteiger partial charge in [-0.1, -0.05) is 0 Å². The van der Waals surface area contributed by atoms with Crippen molar-refractivity contribution in [3.05, 3.63) is 0 Å². The van der Waals surface area contributed by atoms with Crippen molar-refractivity contribution in [3.8, 4) is 0 Å². The minimum atomic E-state index is -1.71. The van der Waals surface area contributed by atoms with Gasteiger partial charge in [0.2, 0.25) is 11.8 Å². The van der Waals surface area contributed by atoms with Gasteiger partial charge in [-0.25, -0.2) is 9.59 Å². The minimum absolute atomic E-state index is 0.0889. The van der Waals surface area contributed by atoms with E-state index in [2.05, 4.69) is 16.0 Å². The highest BCUT2D eigenvalue weighted by Gasteiger charge is 2.26. The minimum Gasteiger partial charge on any atom is -0.481 e. The van der Waals surface area contributed by atoms with Gasteiger partial charge in [0.05, 0.1) is 6.04 Å². The highest BCUT2D eigenvalue weighted by molar-refractivity contribution is 5.88. The van der Waals surface area contributed by atoms with Crippen LogP contribution >= 0.6 is 0 Å². The molecule has 0 aliphatic carbocycles. The molecule has 13 heteroatoms. The maximum Gasteiger partial charge on any atom is 0.326 e. The lowest BCUT2D eigenvalue weighted by molar-refractivity contribution is -0.143. The Morgan fingerprint density at radius 2 is 1.24 bits per heavy atom. The second-order valence-corrected chi connectivity index (χ2v) is 6.23. The first-order valence-electron chi connectivity index (χ1n) is 8.78. The number of rotatable bonds is 15. The fraction of sp³-hybridized carbons (Fsp3) is 0.688. The Labute approximate surface area is 166 Å². The first-order valence-corrected chi connectivity index (χ1v) is 8.78. The van der Waals surface area contributed by atoms with E-state index in [1.54, 1.807) is 0 Å². The molecule has 0 aliphatic heterocycles. The summed E-state index contributed by atoms with van der Waals surface area (Å²) in [4.78, 5) is 56.9. The number of aliphatic hydroxyl groups excluding tert-OH is 1. The van der Waals surface area contributed by atoms with Crippen molar-refractivity contribution in [2.75, 3.05) is 7.05 Å². The highest BCUT2D eigenvalue weighted by atomic mass is 16.5. The fourth-order valence-electron chi connectivity index (χ4n) is 2.32. The molecule has 0 aromatic carbocycles. The third-order valence-electron chi connectivity index (χ3n) is 3.93. The number of amides is 2. The van der Waals surface area contributed by atoms with E-state index in [4.69, 9.17) is 25.5 Å². The van der Waals surface area contributed by atoms with Crippen LogP contribution in [-0.4, -0.2) is 86.7 Å². The first-order chi connectivity index (χ1) is 13.5. The van der Waals surface area contributed by atoms with Gasteiger partial charge in [0.15, 0.2) is 6.29 Å². The van der Waals surface area contributed by atoms with E-state index in [0.29, 0.717) is 0 Å². The molecule has 3 unspecified atom stereocenters. The summed E-state index contributed by atoms with van der Waals surface area (Å²) < 4.78 is 0. The molecule has 0 saturated carbocycles. The number of aliphatic hydroxyl groups is 2. The normalized spacial score (nSPS) is 13.9. The van der Waals surface area contributed by atoms with Crippen molar-refractivity contribution < 1.29 is 49.5 Å². The average Bonchev–Trinajstić information content (AvgIpc) is 2.61. The molecule has 0 radical (unpaired) electrons. The second kappa shape index (κ2) is 13.4. The second-order valence-electron chi connectivity index (χ2n) is 6.23. The van der Waals surface area contributed by atoms with Crippen LogP contribution in [0.15, 0.2) is 0 Å². The monoisotopic (exact) mass is 421 g/mol. The predicted octanol–water partition coefficient (Wildman–Crippen LogP) is -2.55. The Hall–Kier alpha value is -2.77. The lowest BCUT2D eigenvalue weighted by atomic mass is 10.1. The van der Waals surface area contributed by atoms with Gasteiger partial charge >= 0.3 is 17.9 Å². The van der Waals surface area contributed by atoms with Gasteiger partial charge in [-0.2, -0.15) is 0 Å².